The van der Waals surface area contributed by atoms with Crippen LogP contribution in [0, 0.1) is 16.7 Å². The highest BCUT2D eigenvalue weighted by molar-refractivity contribution is 5.07. The average Bonchev–Trinajstić information content (AvgIpc) is 2.38. The SMILES string of the molecule is N#CC1(CN2CCC(F)(F)C2)CCC1. The Bertz CT molecular complexity index is 266. The molecule has 0 amide bonds. The molecule has 0 aromatic rings. The molecule has 1 aliphatic heterocycles. The summed E-state index contributed by atoms with van der Waals surface area (Å²) >= 11 is 0. The molecule has 2 rings (SSSR count). The van der Waals surface area contributed by atoms with Crippen molar-refractivity contribution in [2.45, 2.75) is 31.6 Å². The van der Waals surface area contributed by atoms with E-state index in [1.54, 1.807) is 4.90 Å². The first-order chi connectivity index (χ1) is 6.55. The van der Waals surface area contributed by atoms with Crippen molar-refractivity contribution < 1.29 is 8.78 Å². The molecule has 0 aromatic heterocycles. The largest absolute Gasteiger partial charge is 0.296 e. The first kappa shape index (κ1) is 9.85. The van der Waals surface area contributed by atoms with E-state index < -0.39 is 5.92 Å². The molecule has 1 aliphatic carbocycles. The van der Waals surface area contributed by atoms with Gasteiger partial charge in [-0.15, -0.1) is 0 Å². The second-order valence-electron chi connectivity index (χ2n) is 4.56. The van der Waals surface area contributed by atoms with Gasteiger partial charge in [-0.25, -0.2) is 8.78 Å². The van der Waals surface area contributed by atoms with Crippen LogP contribution < -0.4 is 0 Å². The van der Waals surface area contributed by atoms with Gasteiger partial charge in [-0.05, 0) is 12.8 Å². The average molecular weight is 200 g/mol. The standard InChI is InChI=1S/C10H14F2N2/c11-10(12)4-5-14(8-10)7-9(6-13)2-1-3-9/h1-5,7-8H2. The van der Waals surface area contributed by atoms with E-state index >= 15 is 0 Å². The second kappa shape index (κ2) is 3.16. The Balaban J connectivity index is 1.90. The molecular weight excluding hydrogens is 186 g/mol. The lowest BCUT2D eigenvalue weighted by Gasteiger charge is -2.38. The number of rotatable bonds is 2. The van der Waals surface area contributed by atoms with Gasteiger partial charge in [0.1, 0.15) is 0 Å². The van der Waals surface area contributed by atoms with E-state index in [9.17, 15) is 8.78 Å². The summed E-state index contributed by atoms with van der Waals surface area (Å²) in [5.74, 6) is -2.53. The topological polar surface area (TPSA) is 27.0 Å². The van der Waals surface area contributed by atoms with Gasteiger partial charge in [-0.1, -0.05) is 6.42 Å². The summed E-state index contributed by atoms with van der Waals surface area (Å²) in [5.41, 5.74) is -0.305. The maximum absolute atomic E-state index is 12.9. The molecule has 0 aromatic carbocycles. The minimum Gasteiger partial charge on any atom is -0.296 e. The van der Waals surface area contributed by atoms with E-state index in [0.29, 0.717) is 13.1 Å². The first-order valence-corrected chi connectivity index (χ1v) is 5.07. The van der Waals surface area contributed by atoms with Crippen LogP contribution in [0.4, 0.5) is 8.78 Å². The molecule has 1 saturated heterocycles. The van der Waals surface area contributed by atoms with Crippen molar-refractivity contribution in [2.24, 2.45) is 5.41 Å². The van der Waals surface area contributed by atoms with Crippen LogP contribution in [0.25, 0.3) is 0 Å². The third kappa shape index (κ3) is 1.74. The molecule has 2 aliphatic rings. The van der Waals surface area contributed by atoms with Gasteiger partial charge >= 0.3 is 0 Å². The Labute approximate surface area is 82.5 Å². The molecule has 4 heteroatoms. The van der Waals surface area contributed by atoms with Gasteiger partial charge in [0.2, 0.25) is 0 Å². The van der Waals surface area contributed by atoms with Gasteiger partial charge in [0.05, 0.1) is 18.0 Å². The van der Waals surface area contributed by atoms with E-state index in [1.807, 2.05) is 0 Å². The molecule has 14 heavy (non-hydrogen) atoms. The minimum absolute atomic E-state index is 0.0471. The maximum Gasteiger partial charge on any atom is 0.261 e. The van der Waals surface area contributed by atoms with Gasteiger partial charge in [-0.3, -0.25) is 4.90 Å². The van der Waals surface area contributed by atoms with Crippen LogP contribution in [0.3, 0.4) is 0 Å². The van der Waals surface area contributed by atoms with Gasteiger partial charge in [0, 0.05) is 19.5 Å². The fraction of sp³-hybridized carbons (Fsp3) is 0.900. The van der Waals surface area contributed by atoms with Crippen molar-refractivity contribution >= 4 is 0 Å². The van der Waals surface area contributed by atoms with E-state index in [0.717, 1.165) is 19.3 Å². The number of nitrogens with zero attached hydrogens (tertiary/aromatic N) is 2. The molecule has 0 spiro atoms. The van der Waals surface area contributed by atoms with Crippen LogP contribution in [0.1, 0.15) is 25.7 Å². The molecule has 0 N–H and O–H groups in total. The van der Waals surface area contributed by atoms with Gasteiger partial charge in [-0.2, -0.15) is 5.26 Å². The predicted molar refractivity (Wildman–Crippen MR) is 47.9 cm³/mol. The van der Waals surface area contributed by atoms with Gasteiger partial charge in [0.25, 0.3) is 5.92 Å². The zero-order valence-corrected chi connectivity index (χ0v) is 8.10. The van der Waals surface area contributed by atoms with Crippen molar-refractivity contribution in [3.8, 4) is 6.07 Å². The van der Waals surface area contributed by atoms with Gasteiger partial charge < -0.3 is 0 Å². The van der Waals surface area contributed by atoms with E-state index in [4.69, 9.17) is 5.26 Å². The van der Waals surface area contributed by atoms with E-state index in [1.165, 1.54) is 0 Å². The number of likely N-dealkylation sites (tertiary alicyclic amines) is 1. The molecule has 0 atom stereocenters. The van der Waals surface area contributed by atoms with Crippen molar-refractivity contribution in [3.63, 3.8) is 0 Å². The van der Waals surface area contributed by atoms with E-state index in [2.05, 4.69) is 6.07 Å². The highest BCUT2D eigenvalue weighted by Crippen LogP contribution is 2.42. The van der Waals surface area contributed by atoms with Crippen LogP contribution in [-0.4, -0.2) is 30.5 Å². The Kier molecular flexibility index (Phi) is 2.23. The molecule has 1 saturated carbocycles. The quantitative estimate of drug-likeness (QED) is 0.681. The molecule has 0 unspecified atom stereocenters. The summed E-state index contributed by atoms with van der Waals surface area (Å²) in [6.45, 7) is 0.825. The first-order valence-electron chi connectivity index (χ1n) is 5.07. The summed E-state index contributed by atoms with van der Waals surface area (Å²) in [6.07, 6.45) is 2.78. The zero-order chi connectivity index (χ0) is 10.2. The zero-order valence-electron chi connectivity index (χ0n) is 8.10. The highest BCUT2D eigenvalue weighted by atomic mass is 19.3. The molecule has 2 nitrogen and oxygen atoms in total. The number of hydrogen-bond acceptors (Lipinski definition) is 2. The summed E-state index contributed by atoms with van der Waals surface area (Å²) in [4.78, 5) is 1.74. The van der Waals surface area contributed by atoms with Crippen molar-refractivity contribution in [1.82, 2.24) is 4.90 Å². The summed E-state index contributed by atoms with van der Waals surface area (Å²) in [6, 6.07) is 2.28. The van der Waals surface area contributed by atoms with Crippen molar-refractivity contribution in [2.75, 3.05) is 19.6 Å². The van der Waals surface area contributed by atoms with Gasteiger partial charge in [0.15, 0.2) is 0 Å². The van der Waals surface area contributed by atoms with E-state index in [-0.39, 0.29) is 18.4 Å². The normalized spacial score (nSPS) is 29.5. The second-order valence-corrected chi connectivity index (χ2v) is 4.56. The Morgan fingerprint density at radius 1 is 1.29 bits per heavy atom. The number of halogens is 2. The van der Waals surface area contributed by atoms with Crippen LogP contribution >= 0.6 is 0 Å². The minimum atomic E-state index is -2.53. The molecule has 2 fully saturated rings. The van der Waals surface area contributed by atoms with Crippen molar-refractivity contribution in [3.05, 3.63) is 0 Å². The fourth-order valence-electron chi connectivity index (χ4n) is 2.28. The maximum atomic E-state index is 12.9. The molecular formula is C10H14F2N2. The predicted octanol–water partition coefficient (Wildman–Crippen LogP) is 2.02. The summed E-state index contributed by atoms with van der Waals surface area (Å²) < 4.78 is 25.7. The van der Waals surface area contributed by atoms with Crippen LogP contribution in [0.2, 0.25) is 0 Å². The Hall–Kier alpha value is -0.690. The lowest BCUT2D eigenvalue weighted by atomic mass is 9.69. The lowest BCUT2D eigenvalue weighted by molar-refractivity contribution is 0.00652. The van der Waals surface area contributed by atoms with Crippen molar-refractivity contribution in [1.29, 1.82) is 5.26 Å². The Morgan fingerprint density at radius 3 is 2.36 bits per heavy atom. The monoisotopic (exact) mass is 200 g/mol. The molecule has 0 bridgehead atoms. The third-order valence-electron chi connectivity index (χ3n) is 3.32. The Morgan fingerprint density at radius 2 is 2.00 bits per heavy atom. The number of alkyl halides is 2. The highest BCUT2D eigenvalue weighted by Gasteiger charge is 2.44. The van der Waals surface area contributed by atoms with Crippen LogP contribution in [0.5, 0.6) is 0 Å². The van der Waals surface area contributed by atoms with Crippen LogP contribution in [-0.2, 0) is 0 Å². The van der Waals surface area contributed by atoms with Crippen LogP contribution in [0.15, 0.2) is 0 Å². The summed E-state index contributed by atoms with van der Waals surface area (Å²) in [7, 11) is 0. The number of hydrogen-bond donors (Lipinski definition) is 0. The molecule has 0 radical (unpaired) electrons. The third-order valence-corrected chi connectivity index (χ3v) is 3.32. The smallest absolute Gasteiger partial charge is 0.261 e. The fourth-order valence-corrected chi connectivity index (χ4v) is 2.28. The molecule has 78 valence electrons. The lowest BCUT2D eigenvalue weighted by Crippen LogP contribution is -2.41. The molecule has 1 heterocycles. The number of nitriles is 1. The summed E-state index contributed by atoms with van der Waals surface area (Å²) in [5, 5.41) is 8.96.